The lowest BCUT2D eigenvalue weighted by atomic mass is 9.87. The van der Waals surface area contributed by atoms with Gasteiger partial charge in [-0.15, -0.1) is 0 Å². The number of piperazine rings is 1. The van der Waals surface area contributed by atoms with E-state index in [9.17, 15) is 4.79 Å². The second-order valence-electron chi connectivity index (χ2n) is 6.16. The summed E-state index contributed by atoms with van der Waals surface area (Å²) >= 11 is 6.06. The van der Waals surface area contributed by atoms with Crippen LogP contribution < -0.4 is 10.6 Å². The lowest BCUT2D eigenvalue weighted by Crippen LogP contribution is -2.46. The van der Waals surface area contributed by atoms with Crippen molar-refractivity contribution in [1.29, 1.82) is 0 Å². The second-order valence-corrected chi connectivity index (χ2v) is 6.60. The van der Waals surface area contributed by atoms with Crippen LogP contribution in [0.3, 0.4) is 0 Å². The Bertz CT molecular complexity index is 487. The highest BCUT2D eigenvalue weighted by Crippen LogP contribution is 2.26. The highest BCUT2D eigenvalue weighted by atomic mass is 35.5. The summed E-state index contributed by atoms with van der Waals surface area (Å²) in [7, 11) is 0. The lowest BCUT2D eigenvalue weighted by molar-refractivity contribution is -0.123. The molecule has 1 heterocycles. The van der Waals surface area contributed by atoms with Crippen molar-refractivity contribution in [2.75, 3.05) is 39.3 Å². The van der Waals surface area contributed by atoms with Crippen molar-refractivity contribution in [1.82, 2.24) is 15.5 Å². The van der Waals surface area contributed by atoms with Gasteiger partial charge in [0.1, 0.15) is 0 Å². The molecule has 1 amide bonds. The maximum atomic E-state index is 12.6. The molecule has 0 bridgehead atoms. The topological polar surface area (TPSA) is 44.4 Å². The molecule has 22 heavy (non-hydrogen) atoms. The van der Waals surface area contributed by atoms with Gasteiger partial charge in [-0.05, 0) is 23.6 Å². The molecule has 1 aromatic carbocycles. The molecule has 2 N–H and O–H groups in total. The van der Waals surface area contributed by atoms with Crippen molar-refractivity contribution >= 4 is 17.5 Å². The molecule has 122 valence electrons. The monoisotopic (exact) mass is 323 g/mol. The minimum absolute atomic E-state index is 0.0902. The zero-order valence-corrected chi connectivity index (χ0v) is 14.2. The third-order valence-electron chi connectivity index (χ3n) is 4.09. The molecule has 1 saturated heterocycles. The standard InChI is InChI=1S/C17H26ClN3O/c1-13(2)16(14-4-3-5-15(18)12-14)17(22)20-8-11-21-9-6-19-7-10-21/h3-5,12-13,16,19H,6-11H2,1-2H3,(H,20,22). The maximum Gasteiger partial charge on any atom is 0.227 e. The number of nitrogens with one attached hydrogen (secondary N) is 2. The summed E-state index contributed by atoms with van der Waals surface area (Å²) in [5.41, 5.74) is 0.988. The summed E-state index contributed by atoms with van der Waals surface area (Å²) in [5, 5.41) is 7.10. The Morgan fingerprint density at radius 3 is 2.73 bits per heavy atom. The molecule has 1 aromatic rings. The van der Waals surface area contributed by atoms with Crippen molar-refractivity contribution in [2.45, 2.75) is 19.8 Å². The van der Waals surface area contributed by atoms with Gasteiger partial charge in [-0.2, -0.15) is 0 Å². The first kappa shape index (κ1) is 17.3. The first-order chi connectivity index (χ1) is 10.6. The van der Waals surface area contributed by atoms with Crippen LogP contribution in [0.25, 0.3) is 0 Å². The minimum Gasteiger partial charge on any atom is -0.354 e. The molecular formula is C17H26ClN3O. The fraction of sp³-hybridized carbons (Fsp3) is 0.588. The SMILES string of the molecule is CC(C)C(C(=O)NCCN1CCNCC1)c1cccc(Cl)c1. The van der Waals surface area contributed by atoms with Gasteiger partial charge < -0.3 is 10.6 Å². The van der Waals surface area contributed by atoms with E-state index in [1.165, 1.54) is 0 Å². The van der Waals surface area contributed by atoms with E-state index in [1.807, 2.05) is 24.3 Å². The highest BCUT2D eigenvalue weighted by Gasteiger charge is 2.24. The average Bonchev–Trinajstić information content (AvgIpc) is 2.48. The number of carbonyl (C=O) groups is 1. The van der Waals surface area contributed by atoms with E-state index in [-0.39, 0.29) is 17.7 Å². The summed E-state index contributed by atoms with van der Waals surface area (Å²) < 4.78 is 0. The fourth-order valence-electron chi connectivity index (χ4n) is 2.92. The Hall–Kier alpha value is -1.10. The normalized spacial score (nSPS) is 17.5. The quantitative estimate of drug-likeness (QED) is 0.842. The number of amides is 1. The molecule has 0 aromatic heterocycles. The van der Waals surface area contributed by atoms with Gasteiger partial charge >= 0.3 is 0 Å². The van der Waals surface area contributed by atoms with Gasteiger partial charge in [0.05, 0.1) is 5.92 Å². The van der Waals surface area contributed by atoms with E-state index in [1.54, 1.807) is 0 Å². The molecule has 0 spiro atoms. The summed E-state index contributed by atoms with van der Waals surface area (Å²) in [6.45, 7) is 9.92. The third kappa shape index (κ3) is 4.97. The van der Waals surface area contributed by atoms with E-state index >= 15 is 0 Å². The molecule has 2 rings (SSSR count). The Morgan fingerprint density at radius 2 is 2.09 bits per heavy atom. The van der Waals surface area contributed by atoms with E-state index in [0.29, 0.717) is 11.6 Å². The summed E-state index contributed by atoms with van der Waals surface area (Å²) in [6, 6.07) is 7.61. The molecule has 4 nitrogen and oxygen atoms in total. The first-order valence-electron chi connectivity index (χ1n) is 8.04. The van der Waals surface area contributed by atoms with Crippen LogP contribution in [0.4, 0.5) is 0 Å². The van der Waals surface area contributed by atoms with Crippen LogP contribution in [-0.4, -0.2) is 50.1 Å². The summed E-state index contributed by atoms with van der Waals surface area (Å²) in [4.78, 5) is 14.9. The highest BCUT2D eigenvalue weighted by molar-refractivity contribution is 6.30. The number of halogens is 1. The third-order valence-corrected chi connectivity index (χ3v) is 4.33. The number of carbonyl (C=O) groups excluding carboxylic acids is 1. The number of benzene rings is 1. The van der Waals surface area contributed by atoms with Gasteiger partial charge in [-0.3, -0.25) is 9.69 Å². The predicted molar refractivity (Wildman–Crippen MR) is 91.4 cm³/mol. The fourth-order valence-corrected chi connectivity index (χ4v) is 3.12. The molecule has 1 fully saturated rings. The molecule has 1 aliphatic rings. The van der Waals surface area contributed by atoms with E-state index in [0.717, 1.165) is 38.3 Å². The Kier molecular flexibility index (Phi) is 6.68. The molecule has 1 atom stereocenters. The van der Waals surface area contributed by atoms with Crippen LogP contribution in [0.2, 0.25) is 5.02 Å². The molecule has 1 aliphatic heterocycles. The van der Waals surface area contributed by atoms with E-state index in [4.69, 9.17) is 11.6 Å². The van der Waals surface area contributed by atoms with Gasteiger partial charge in [0.2, 0.25) is 5.91 Å². The number of nitrogens with zero attached hydrogens (tertiary/aromatic N) is 1. The summed E-state index contributed by atoms with van der Waals surface area (Å²) in [6.07, 6.45) is 0. The minimum atomic E-state index is -0.151. The van der Waals surface area contributed by atoms with Crippen molar-refractivity contribution < 1.29 is 4.79 Å². The van der Waals surface area contributed by atoms with Gasteiger partial charge in [0, 0.05) is 44.3 Å². The Morgan fingerprint density at radius 1 is 1.36 bits per heavy atom. The van der Waals surface area contributed by atoms with Gasteiger partial charge in [0.25, 0.3) is 0 Å². The van der Waals surface area contributed by atoms with Crippen LogP contribution in [0.1, 0.15) is 25.3 Å². The average molecular weight is 324 g/mol. The lowest BCUT2D eigenvalue weighted by Gasteiger charge is -2.27. The number of rotatable bonds is 6. The molecular weight excluding hydrogens is 298 g/mol. The second kappa shape index (κ2) is 8.51. The Labute approximate surface area is 138 Å². The van der Waals surface area contributed by atoms with Crippen LogP contribution >= 0.6 is 11.6 Å². The summed E-state index contributed by atoms with van der Waals surface area (Å²) in [5.74, 6) is 0.173. The molecule has 0 aliphatic carbocycles. The first-order valence-corrected chi connectivity index (χ1v) is 8.42. The molecule has 0 saturated carbocycles. The predicted octanol–water partition coefficient (Wildman–Crippen LogP) is 2.10. The van der Waals surface area contributed by atoms with Crippen LogP contribution in [0.5, 0.6) is 0 Å². The zero-order valence-electron chi connectivity index (χ0n) is 13.4. The maximum absolute atomic E-state index is 12.6. The van der Waals surface area contributed by atoms with Gasteiger partial charge in [0.15, 0.2) is 0 Å². The van der Waals surface area contributed by atoms with Crippen molar-refractivity contribution in [3.63, 3.8) is 0 Å². The molecule has 5 heteroatoms. The van der Waals surface area contributed by atoms with Crippen LogP contribution in [-0.2, 0) is 4.79 Å². The Balaban J connectivity index is 1.89. The number of hydrogen-bond donors (Lipinski definition) is 2. The van der Waals surface area contributed by atoms with Gasteiger partial charge in [-0.1, -0.05) is 37.6 Å². The number of hydrogen-bond acceptors (Lipinski definition) is 3. The van der Waals surface area contributed by atoms with Crippen LogP contribution in [0.15, 0.2) is 24.3 Å². The zero-order chi connectivity index (χ0) is 15.9. The van der Waals surface area contributed by atoms with Crippen molar-refractivity contribution in [3.05, 3.63) is 34.9 Å². The largest absolute Gasteiger partial charge is 0.354 e. The smallest absolute Gasteiger partial charge is 0.227 e. The van der Waals surface area contributed by atoms with Gasteiger partial charge in [-0.25, -0.2) is 0 Å². The van der Waals surface area contributed by atoms with Crippen molar-refractivity contribution in [3.8, 4) is 0 Å². The molecule has 0 radical (unpaired) electrons. The van der Waals surface area contributed by atoms with E-state index < -0.39 is 0 Å². The van der Waals surface area contributed by atoms with E-state index in [2.05, 4.69) is 29.4 Å². The van der Waals surface area contributed by atoms with Crippen LogP contribution in [0, 0.1) is 5.92 Å². The molecule has 1 unspecified atom stereocenters. The van der Waals surface area contributed by atoms with Crippen molar-refractivity contribution in [2.24, 2.45) is 5.92 Å².